The van der Waals surface area contributed by atoms with Gasteiger partial charge in [-0.05, 0) is 29.7 Å². The zero-order valence-electron chi connectivity index (χ0n) is 15.1. The predicted octanol–water partition coefficient (Wildman–Crippen LogP) is 2.68. The van der Waals surface area contributed by atoms with Crippen LogP contribution in [-0.4, -0.2) is 36.2 Å². The van der Waals surface area contributed by atoms with Gasteiger partial charge in [-0.15, -0.1) is 0 Å². The molecule has 1 aliphatic rings. The number of likely N-dealkylation sites (tertiary alicyclic amines) is 1. The van der Waals surface area contributed by atoms with Crippen molar-refractivity contribution in [2.75, 3.05) is 18.4 Å². The summed E-state index contributed by atoms with van der Waals surface area (Å²) in [7, 11) is 0. The van der Waals surface area contributed by atoms with Gasteiger partial charge in [-0.25, -0.2) is 9.59 Å². The maximum Gasteiger partial charge on any atom is 0.410 e. The standard InChI is InChI=1S/C20H24N4O3/c21-12-16-7-4-8-17(11-16)22-19(25)23-18-9-10-24(13-18)20(26)27-14-15-5-2-1-3-6-15/h1-8,11,18H,9-10,12-14,21H2,(H2,22,23,25)/t18-/m1/s1. The Bertz CT molecular complexity index is 782. The van der Waals surface area contributed by atoms with E-state index in [4.69, 9.17) is 10.5 Å². The van der Waals surface area contributed by atoms with Crippen molar-refractivity contribution in [3.8, 4) is 0 Å². The Morgan fingerprint density at radius 3 is 2.67 bits per heavy atom. The molecule has 0 aliphatic carbocycles. The number of amides is 3. The van der Waals surface area contributed by atoms with Crippen molar-refractivity contribution in [3.63, 3.8) is 0 Å². The van der Waals surface area contributed by atoms with Crippen LogP contribution in [0.15, 0.2) is 54.6 Å². The van der Waals surface area contributed by atoms with Crippen LogP contribution in [0.2, 0.25) is 0 Å². The highest BCUT2D eigenvalue weighted by atomic mass is 16.6. The van der Waals surface area contributed by atoms with Crippen molar-refractivity contribution in [3.05, 3.63) is 65.7 Å². The second-order valence-electron chi connectivity index (χ2n) is 6.47. The molecule has 0 spiro atoms. The predicted molar refractivity (Wildman–Crippen MR) is 103 cm³/mol. The minimum Gasteiger partial charge on any atom is -0.445 e. The van der Waals surface area contributed by atoms with Crippen molar-refractivity contribution in [2.45, 2.75) is 25.6 Å². The van der Waals surface area contributed by atoms with Gasteiger partial charge >= 0.3 is 12.1 Å². The van der Waals surface area contributed by atoms with E-state index in [0.29, 0.717) is 31.7 Å². The SMILES string of the molecule is NCc1cccc(NC(=O)N[C@@H]2CCN(C(=O)OCc3ccccc3)C2)c1. The first-order valence-corrected chi connectivity index (χ1v) is 8.96. The van der Waals surface area contributed by atoms with Crippen LogP contribution in [0.1, 0.15) is 17.5 Å². The second kappa shape index (κ2) is 9.05. The normalized spacial score (nSPS) is 16.0. The van der Waals surface area contributed by atoms with Crippen LogP contribution in [0, 0.1) is 0 Å². The van der Waals surface area contributed by atoms with Crippen LogP contribution in [0.4, 0.5) is 15.3 Å². The number of ether oxygens (including phenoxy) is 1. The Hall–Kier alpha value is -3.06. The summed E-state index contributed by atoms with van der Waals surface area (Å²) in [5.41, 5.74) is 8.19. The van der Waals surface area contributed by atoms with Gasteiger partial charge in [0.2, 0.25) is 0 Å². The van der Waals surface area contributed by atoms with E-state index in [0.717, 1.165) is 11.1 Å². The van der Waals surface area contributed by atoms with E-state index in [-0.39, 0.29) is 24.8 Å². The molecule has 142 valence electrons. The molecule has 0 aromatic heterocycles. The Morgan fingerprint density at radius 1 is 1.11 bits per heavy atom. The average molecular weight is 368 g/mol. The Morgan fingerprint density at radius 2 is 1.89 bits per heavy atom. The Balaban J connectivity index is 1.43. The lowest BCUT2D eigenvalue weighted by Gasteiger charge is -2.17. The van der Waals surface area contributed by atoms with E-state index in [1.807, 2.05) is 48.5 Å². The molecule has 0 unspecified atom stereocenters. The van der Waals surface area contributed by atoms with Gasteiger partial charge in [0.15, 0.2) is 0 Å². The van der Waals surface area contributed by atoms with Crippen molar-refractivity contribution in [1.29, 1.82) is 0 Å². The van der Waals surface area contributed by atoms with Gasteiger partial charge < -0.3 is 26.0 Å². The highest BCUT2D eigenvalue weighted by Gasteiger charge is 2.28. The van der Waals surface area contributed by atoms with Gasteiger partial charge in [0.25, 0.3) is 0 Å². The quantitative estimate of drug-likeness (QED) is 0.756. The van der Waals surface area contributed by atoms with E-state index < -0.39 is 0 Å². The van der Waals surface area contributed by atoms with Crippen LogP contribution in [0.25, 0.3) is 0 Å². The first-order valence-electron chi connectivity index (χ1n) is 8.96. The van der Waals surface area contributed by atoms with Gasteiger partial charge in [0.05, 0.1) is 0 Å². The molecule has 0 saturated carbocycles. The molecule has 1 heterocycles. The third kappa shape index (κ3) is 5.46. The van der Waals surface area contributed by atoms with Crippen molar-refractivity contribution < 1.29 is 14.3 Å². The smallest absolute Gasteiger partial charge is 0.410 e. The summed E-state index contributed by atoms with van der Waals surface area (Å²) in [4.78, 5) is 26.0. The van der Waals surface area contributed by atoms with Gasteiger partial charge in [-0.2, -0.15) is 0 Å². The molecule has 7 nitrogen and oxygen atoms in total. The highest BCUT2D eigenvalue weighted by molar-refractivity contribution is 5.89. The lowest BCUT2D eigenvalue weighted by Crippen LogP contribution is -2.40. The van der Waals surface area contributed by atoms with Gasteiger partial charge in [0, 0.05) is 31.4 Å². The first-order chi connectivity index (χ1) is 13.1. The van der Waals surface area contributed by atoms with Gasteiger partial charge in [-0.1, -0.05) is 42.5 Å². The van der Waals surface area contributed by atoms with E-state index >= 15 is 0 Å². The van der Waals surface area contributed by atoms with E-state index in [9.17, 15) is 9.59 Å². The molecule has 0 bridgehead atoms. The molecule has 3 amide bonds. The number of hydrogen-bond acceptors (Lipinski definition) is 4. The van der Waals surface area contributed by atoms with Crippen LogP contribution in [0.3, 0.4) is 0 Å². The first kappa shape index (κ1) is 18.7. The largest absolute Gasteiger partial charge is 0.445 e. The Labute approximate surface area is 158 Å². The summed E-state index contributed by atoms with van der Waals surface area (Å²) < 4.78 is 5.33. The van der Waals surface area contributed by atoms with Crippen LogP contribution in [-0.2, 0) is 17.9 Å². The maximum absolute atomic E-state index is 12.2. The molecular weight excluding hydrogens is 344 g/mol. The summed E-state index contributed by atoms with van der Waals surface area (Å²) >= 11 is 0. The summed E-state index contributed by atoms with van der Waals surface area (Å²) in [6, 6.07) is 16.5. The van der Waals surface area contributed by atoms with Crippen LogP contribution < -0.4 is 16.4 Å². The number of hydrogen-bond donors (Lipinski definition) is 3. The molecule has 1 saturated heterocycles. The number of nitrogens with zero attached hydrogens (tertiary/aromatic N) is 1. The molecule has 1 atom stereocenters. The fourth-order valence-corrected chi connectivity index (χ4v) is 2.98. The number of carbonyl (C=O) groups is 2. The third-order valence-corrected chi connectivity index (χ3v) is 4.41. The van der Waals surface area contributed by atoms with Crippen molar-refractivity contribution in [2.24, 2.45) is 5.73 Å². The van der Waals surface area contributed by atoms with E-state index in [2.05, 4.69) is 10.6 Å². The monoisotopic (exact) mass is 368 g/mol. The highest BCUT2D eigenvalue weighted by Crippen LogP contribution is 2.13. The summed E-state index contributed by atoms with van der Waals surface area (Å²) in [5, 5.41) is 5.69. The molecule has 2 aromatic carbocycles. The van der Waals surface area contributed by atoms with Gasteiger partial charge in [0.1, 0.15) is 6.61 Å². The molecule has 0 radical (unpaired) electrons. The minimum absolute atomic E-state index is 0.105. The van der Waals surface area contributed by atoms with E-state index in [1.54, 1.807) is 11.0 Å². The third-order valence-electron chi connectivity index (χ3n) is 4.41. The molecule has 1 fully saturated rings. The number of rotatable bonds is 5. The number of benzene rings is 2. The molecule has 1 aliphatic heterocycles. The lowest BCUT2D eigenvalue weighted by atomic mass is 10.2. The number of nitrogens with one attached hydrogen (secondary N) is 2. The molecule has 3 rings (SSSR count). The molecule has 2 aromatic rings. The number of nitrogens with two attached hydrogens (primary N) is 1. The number of anilines is 1. The topological polar surface area (TPSA) is 96.7 Å². The van der Waals surface area contributed by atoms with Crippen LogP contribution in [0.5, 0.6) is 0 Å². The second-order valence-corrected chi connectivity index (χ2v) is 6.47. The molecule has 27 heavy (non-hydrogen) atoms. The zero-order chi connectivity index (χ0) is 19.1. The van der Waals surface area contributed by atoms with Gasteiger partial charge in [-0.3, -0.25) is 0 Å². The van der Waals surface area contributed by atoms with E-state index in [1.165, 1.54) is 0 Å². The number of carbonyl (C=O) groups excluding carboxylic acids is 2. The minimum atomic E-state index is -0.362. The molecule has 7 heteroatoms. The fourth-order valence-electron chi connectivity index (χ4n) is 2.98. The fraction of sp³-hybridized carbons (Fsp3) is 0.300. The lowest BCUT2D eigenvalue weighted by molar-refractivity contribution is 0.103. The Kier molecular flexibility index (Phi) is 6.27. The van der Waals surface area contributed by atoms with Crippen molar-refractivity contribution in [1.82, 2.24) is 10.2 Å². The number of urea groups is 1. The summed E-state index contributed by atoms with van der Waals surface area (Å²) in [5.74, 6) is 0. The summed E-state index contributed by atoms with van der Waals surface area (Å²) in [6.45, 7) is 1.65. The summed E-state index contributed by atoms with van der Waals surface area (Å²) in [6.07, 6.45) is 0.329. The zero-order valence-corrected chi connectivity index (χ0v) is 15.1. The maximum atomic E-state index is 12.2. The molecule has 4 N–H and O–H groups in total. The van der Waals surface area contributed by atoms with Crippen molar-refractivity contribution >= 4 is 17.8 Å². The van der Waals surface area contributed by atoms with Crippen LogP contribution >= 0.6 is 0 Å². The molecular formula is C20H24N4O3. The average Bonchev–Trinajstić information content (AvgIpc) is 3.15.